The standard InChI is InChI=1S/C25H39NO2/c1-23(21-9-4-3-5-10-21)14-15-24(2)19-25(27,16-17-26(24)20-23)13-8-18-28-22-11-6-7-12-22/h3-5,9-10,22,27H,6-8,11-20H2,1-2H3. The lowest BCUT2D eigenvalue weighted by Crippen LogP contribution is -2.63. The molecule has 156 valence electrons. The Morgan fingerprint density at radius 2 is 1.82 bits per heavy atom. The van der Waals surface area contributed by atoms with Crippen molar-refractivity contribution in [3.63, 3.8) is 0 Å². The Hall–Kier alpha value is -0.900. The summed E-state index contributed by atoms with van der Waals surface area (Å²) in [6.45, 7) is 7.74. The van der Waals surface area contributed by atoms with Gasteiger partial charge in [-0.15, -0.1) is 0 Å². The summed E-state index contributed by atoms with van der Waals surface area (Å²) in [5.74, 6) is 0. The van der Waals surface area contributed by atoms with Crippen LogP contribution in [-0.2, 0) is 10.2 Å². The summed E-state index contributed by atoms with van der Waals surface area (Å²) in [6.07, 6.45) is 11.7. The van der Waals surface area contributed by atoms with Gasteiger partial charge in [0.05, 0.1) is 11.7 Å². The van der Waals surface area contributed by atoms with E-state index < -0.39 is 5.60 Å². The van der Waals surface area contributed by atoms with Gasteiger partial charge in [-0.25, -0.2) is 0 Å². The van der Waals surface area contributed by atoms with E-state index in [1.807, 2.05) is 0 Å². The molecule has 0 bridgehead atoms. The van der Waals surface area contributed by atoms with Gasteiger partial charge in [0.1, 0.15) is 0 Å². The molecule has 28 heavy (non-hydrogen) atoms. The highest BCUT2D eigenvalue weighted by Crippen LogP contribution is 2.47. The maximum atomic E-state index is 11.3. The highest BCUT2D eigenvalue weighted by Gasteiger charge is 2.50. The van der Waals surface area contributed by atoms with E-state index in [2.05, 4.69) is 49.1 Å². The Morgan fingerprint density at radius 3 is 2.57 bits per heavy atom. The van der Waals surface area contributed by atoms with E-state index in [0.717, 1.165) is 45.4 Å². The molecule has 3 heteroatoms. The van der Waals surface area contributed by atoms with E-state index >= 15 is 0 Å². The third-order valence-corrected chi connectivity index (χ3v) is 7.99. The Labute approximate surface area is 171 Å². The smallest absolute Gasteiger partial charge is 0.0678 e. The average Bonchev–Trinajstić information content (AvgIpc) is 3.20. The third-order valence-electron chi connectivity index (χ3n) is 7.99. The van der Waals surface area contributed by atoms with Gasteiger partial charge >= 0.3 is 0 Å². The second-order valence-corrected chi connectivity index (χ2v) is 10.4. The van der Waals surface area contributed by atoms with Crippen molar-refractivity contribution in [2.24, 2.45) is 0 Å². The van der Waals surface area contributed by atoms with Crippen LogP contribution in [0.3, 0.4) is 0 Å². The Bertz CT molecular complexity index is 643. The number of ether oxygens (including phenoxy) is 1. The Kier molecular flexibility index (Phi) is 5.88. The maximum Gasteiger partial charge on any atom is 0.0678 e. The summed E-state index contributed by atoms with van der Waals surface area (Å²) in [5, 5.41) is 11.3. The van der Waals surface area contributed by atoms with Crippen LogP contribution in [0, 0.1) is 0 Å². The van der Waals surface area contributed by atoms with Crippen molar-refractivity contribution in [2.75, 3.05) is 19.7 Å². The van der Waals surface area contributed by atoms with Crippen LogP contribution in [0.25, 0.3) is 0 Å². The summed E-state index contributed by atoms with van der Waals surface area (Å²) in [5.41, 5.74) is 1.31. The minimum atomic E-state index is -0.509. The van der Waals surface area contributed by atoms with Crippen molar-refractivity contribution < 1.29 is 9.84 Å². The maximum absolute atomic E-state index is 11.3. The monoisotopic (exact) mass is 385 g/mol. The van der Waals surface area contributed by atoms with Crippen molar-refractivity contribution in [3.05, 3.63) is 35.9 Å². The molecule has 3 unspecified atom stereocenters. The highest BCUT2D eigenvalue weighted by molar-refractivity contribution is 5.27. The number of benzene rings is 1. The molecule has 3 aliphatic rings. The molecule has 3 atom stereocenters. The van der Waals surface area contributed by atoms with Gasteiger partial charge in [0.2, 0.25) is 0 Å². The zero-order chi connectivity index (χ0) is 19.7. The largest absolute Gasteiger partial charge is 0.390 e. The number of hydrogen-bond donors (Lipinski definition) is 1. The van der Waals surface area contributed by atoms with Crippen molar-refractivity contribution in [1.29, 1.82) is 0 Å². The number of fused-ring (bicyclic) bond motifs is 1. The van der Waals surface area contributed by atoms with Crippen molar-refractivity contribution >= 4 is 0 Å². The molecular weight excluding hydrogens is 346 g/mol. The number of aliphatic hydroxyl groups is 1. The van der Waals surface area contributed by atoms with Gasteiger partial charge in [0.25, 0.3) is 0 Å². The minimum absolute atomic E-state index is 0.133. The van der Waals surface area contributed by atoms with Crippen LogP contribution in [0.4, 0.5) is 0 Å². The molecule has 2 heterocycles. The second kappa shape index (κ2) is 8.08. The predicted molar refractivity (Wildman–Crippen MR) is 115 cm³/mol. The summed E-state index contributed by atoms with van der Waals surface area (Å²) < 4.78 is 6.03. The highest BCUT2D eigenvalue weighted by atomic mass is 16.5. The van der Waals surface area contributed by atoms with Gasteiger partial charge in [-0.1, -0.05) is 50.1 Å². The van der Waals surface area contributed by atoms with Crippen LogP contribution in [0.2, 0.25) is 0 Å². The van der Waals surface area contributed by atoms with Gasteiger partial charge < -0.3 is 9.84 Å². The average molecular weight is 386 g/mol. The molecule has 2 aliphatic heterocycles. The van der Waals surface area contributed by atoms with E-state index in [9.17, 15) is 5.11 Å². The molecule has 1 N–H and O–H groups in total. The first-order valence-electron chi connectivity index (χ1n) is 11.6. The summed E-state index contributed by atoms with van der Waals surface area (Å²) in [4.78, 5) is 2.67. The number of piperidine rings is 2. The van der Waals surface area contributed by atoms with Gasteiger partial charge in [-0.05, 0) is 63.9 Å². The number of hydrogen-bond acceptors (Lipinski definition) is 3. The predicted octanol–water partition coefficient (Wildman–Crippen LogP) is 5.06. The fourth-order valence-electron chi connectivity index (χ4n) is 6.08. The lowest BCUT2D eigenvalue weighted by Gasteiger charge is -2.57. The van der Waals surface area contributed by atoms with Crippen LogP contribution in [0.5, 0.6) is 0 Å². The van der Waals surface area contributed by atoms with Gasteiger partial charge in [-0.2, -0.15) is 0 Å². The first-order chi connectivity index (χ1) is 13.4. The van der Waals surface area contributed by atoms with E-state index in [-0.39, 0.29) is 11.0 Å². The van der Waals surface area contributed by atoms with Gasteiger partial charge in [0, 0.05) is 30.7 Å². The first kappa shape index (κ1) is 20.4. The van der Waals surface area contributed by atoms with Crippen LogP contribution >= 0.6 is 0 Å². The number of rotatable bonds is 6. The summed E-state index contributed by atoms with van der Waals surface area (Å²) in [7, 11) is 0. The van der Waals surface area contributed by atoms with E-state index in [0.29, 0.717) is 6.10 Å². The SMILES string of the molecule is CC1(c2ccccc2)CCC2(C)CC(O)(CCCOC3CCCC3)CCN2C1. The fraction of sp³-hybridized carbons (Fsp3) is 0.760. The lowest BCUT2D eigenvalue weighted by atomic mass is 9.65. The van der Waals surface area contributed by atoms with Crippen molar-refractivity contribution in [2.45, 2.75) is 101 Å². The van der Waals surface area contributed by atoms with Gasteiger partial charge in [0.15, 0.2) is 0 Å². The molecule has 4 rings (SSSR count). The quantitative estimate of drug-likeness (QED) is 0.695. The molecule has 0 radical (unpaired) electrons. The van der Waals surface area contributed by atoms with Crippen LogP contribution in [0.15, 0.2) is 30.3 Å². The third kappa shape index (κ3) is 4.32. The Morgan fingerprint density at radius 1 is 1.07 bits per heavy atom. The minimum Gasteiger partial charge on any atom is -0.390 e. The first-order valence-corrected chi connectivity index (χ1v) is 11.6. The molecular formula is C25H39NO2. The van der Waals surface area contributed by atoms with Crippen molar-refractivity contribution in [3.8, 4) is 0 Å². The molecule has 2 saturated heterocycles. The molecule has 1 saturated carbocycles. The zero-order valence-electron chi connectivity index (χ0n) is 18.0. The Balaban J connectivity index is 1.32. The van der Waals surface area contributed by atoms with Crippen LogP contribution in [0.1, 0.15) is 83.6 Å². The topological polar surface area (TPSA) is 32.7 Å². The molecule has 0 spiro atoms. The molecule has 1 aromatic rings. The molecule has 0 aromatic heterocycles. The molecule has 3 fully saturated rings. The molecule has 1 aromatic carbocycles. The van der Waals surface area contributed by atoms with Crippen LogP contribution < -0.4 is 0 Å². The second-order valence-electron chi connectivity index (χ2n) is 10.4. The van der Waals surface area contributed by atoms with Gasteiger partial charge in [-0.3, -0.25) is 4.90 Å². The summed E-state index contributed by atoms with van der Waals surface area (Å²) >= 11 is 0. The van der Waals surface area contributed by atoms with E-state index in [1.165, 1.54) is 44.1 Å². The molecule has 1 aliphatic carbocycles. The molecule has 3 nitrogen and oxygen atoms in total. The normalized spacial score (nSPS) is 37.1. The van der Waals surface area contributed by atoms with Crippen LogP contribution in [-0.4, -0.2) is 46.9 Å². The summed E-state index contributed by atoms with van der Waals surface area (Å²) in [6, 6.07) is 11.0. The number of nitrogens with zero attached hydrogens (tertiary/aromatic N) is 1. The lowest BCUT2D eigenvalue weighted by molar-refractivity contribution is -0.113. The molecule has 0 amide bonds. The fourth-order valence-corrected chi connectivity index (χ4v) is 6.08. The van der Waals surface area contributed by atoms with E-state index in [4.69, 9.17) is 4.74 Å². The van der Waals surface area contributed by atoms with E-state index in [1.54, 1.807) is 0 Å². The van der Waals surface area contributed by atoms with Crippen molar-refractivity contribution in [1.82, 2.24) is 4.90 Å². The zero-order valence-corrected chi connectivity index (χ0v) is 18.0.